The molecule has 1 N–H and O–H groups in total. The number of ether oxygens (including phenoxy) is 1. The van der Waals surface area contributed by atoms with E-state index >= 15 is 0 Å². The Hall–Kier alpha value is -2.66. The van der Waals surface area contributed by atoms with E-state index in [1.54, 1.807) is 24.3 Å². The molecular weight excluding hydrogens is 498 g/mol. The van der Waals surface area contributed by atoms with Crippen molar-refractivity contribution in [2.45, 2.75) is 104 Å². The van der Waals surface area contributed by atoms with Gasteiger partial charge in [-0.05, 0) is 37.1 Å². The number of benzene rings is 2. The van der Waals surface area contributed by atoms with Crippen molar-refractivity contribution in [3.05, 3.63) is 64.2 Å². The second-order valence-electron chi connectivity index (χ2n) is 10.0. The van der Waals surface area contributed by atoms with Gasteiger partial charge in [0.25, 0.3) is 0 Å². The zero-order valence-electron chi connectivity index (χ0n) is 23.2. The monoisotopic (exact) mass is 541 g/mol. The number of nitrogens with one attached hydrogen (secondary N) is 1. The zero-order valence-corrected chi connectivity index (χ0v) is 23.9. The van der Waals surface area contributed by atoms with Crippen LogP contribution in [0.2, 0.25) is 5.02 Å². The van der Waals surface area contributed by atoms with Gasteiger partial charge in [-0.2, -0.15) is 0 Å². The van der Waals surface area contributed by atoms with E-state index in [-0.39, 0.29) is 22.9 Å². The lowest BCUT2D eigenvalue weighted by Crippen LogP contribution is -2.18. The minimum Gasteiger partial charge on any atom is -0.462 e. The summed E-state index contributed by atoms with van der Waals surface area (Å²) in [5, 5.41) is 2.93. The van der Waals surface area contributed by atoms with Crippen molar-refractivity contribution in [1.82, 2.24) is 0 Å². The third-order valence-corrected chi connectivity index (χ3v) is 7.05. The predicted octanol–water partition coefficient (Wildman–Crippen LogP) is 9.11. The average molecular weight is 542 g/mol. The van der Waals surface area contributed by atoms with Crippen molar-refractivity contribution in [3.63, 3.8) is 0 Å². The van der Waals surface area contributed by atoms with Gasteiger partial charge in [-0.25, -0.2) is 4.79 Å². The molecule has 0 aliphatic heterocycles. The lowest BCUT2D eigenvalue weighted by Gasteiger charge is -2.10. The number of anilines is 1. The molecule has 5 nitrogen and oxygen atoms in total. The Bertz CT molecular complexity index is 1020. The maximum atomic E-state index is 12.5. The molecule has 2 rings (SSSR count). The van der Waals surface area contributed by atoms with Crippen LogP contribution in [0.5, 0.6) is 0 Å². The Morgan fingerprint density at radius 3 is 1.97 bits per heavy atom. The summed E-state index contributed by atoms with van der Waals surface area (Å²) in [5.74, 6) is -1.21. The van der Waals surface area contributed by atoms with E-state index in [0.717, 1.165) is 24.8 Å². The lowest BCUT2D eigenvalue weighted by atomic mass is 10.0. The average Bonchev–Trinajstić information content (AvgIpc) is 2.90. The molecule has 0 bridgehead atoms. The molecule has 0 radical (unpaired) electrons. The highest BCUT2D eigenvalue weighted by Gasteiger charge is 2.16. The van der Waals surface area contributed by atoms with Crippen molar-refractivity contribution < 1.29 is 19.1 Å². The highest BCUT2D eigenvalue weighted by Crippen LogP contribution is 2.24. The number of rotatable bonds is 19. The van der Waals surface area contributed by atoms with Crippen LogP contribution in [0.4, 0.5) is 5.69 Å². The smallest absolute Gasteiger partial charge is 0.338 e. The molecule has 208 valence electrons. The molecule has 0 heterocycles. The highest BCUT2D eigenvalue weighted by molar-refractivity contribution is 6.34. The number of amides is 1. The topological polar surface area (TPSA) is 72.5 Å². The number of ketones is 1. The maximum absolute atomic E-state index is 12.5. The molecule has 0 fully saturated rings. The fraction of sp³-hybridized carbons (Fsp3) is 0.531. The molecule has 38 heavy (non-hydrogen) atoms. The van der Waals surface area contributed by atoms with Crippen molar-refractivity contribution >= 4 is 34.9 Å². The number of aryl methyl sites for hydroxylation is 1. The summed E-state index contributed by atoms with van der Waals surface area (Å²) in [6.07, 6.45) is 16.1. The fourth-order valence-electron chi connectivity index (χ4n) is 4.44. The van der Waals surface area contributed by atoms with Crippen LogP contribution < -0.4 is 5.32 Å². The van der Waals surface area contributed by atoms with E-state index in [9.17, 15) is 14.4 Å². The van der Waals surface area contributed by atoms with Crippen LogP contribution in [-0.2, 0) is 9.53 Å². The Morgan fingerprint density at radius 1 is 0.789 bits per heavy atom. The van der Waals surface area contributed by atoms with Gasteiger partial charge in [-0.1, -0.05) is 120 Å². The summed E-state index contributed by atoms with van der Waals surface area (Å²) in [4.78, 5) is 37.4. The number of esters is 1. The largest absolute Gasteiger partial charge is 0.462 e. The number of unbranched alkanes of at least 4 members (excludes halogenated alkanes) is 12. The van der Waals surface area contributed by atoms with Crippen LogP contribution in [0, 0.1) is 6.92 Å². The van der Waals surface area contributed by atoms with E-state index < -0.39 is 11.9 Å². The molecule has 0 saturated heterocycles. The Balaban J connectivity index is 1.63. The van der Waals surface area contributed by atoms with E-state index in [4.69, 9.17) is 16.3 Å². The number of Topliss-reactive ketones (excluding diaryl/α,β-unsaturated/α-hetero) is 1. The molecule has 0 unspecified atom stereocenters. The molecule has 0 spiro atoms. The van der Waals surface area contributed by atoms with Gasteiger partial charge in [0.15, 0.2) is 5.78 Å². The summed E-state index contributed by atoms with van der Waals surface area (Å²) in [7, 11) is 0. The second-order valence-corrected chi connectivity index (χ2v) is 10.4. The summed E-state index contributed by atoms with van der Waals surface area (Å²) in [6.45, 7) is 4.45. The van der Waals surface area contributed by atoms with Crippen molar-refractivity contribution in [2.24, 2.45) is 0 Å². The molecule has 0 atom stereocenters. The molecule has 0 saturated carbocycles. The summed E-state index contributed by atoms with van der Waals surface area (Å²) >= 11 is 6.21. The SMILES string of the molecule is CCCCCCCCCCCCCCCOC(=O)c1ccc(Cl)c(NC(=O)CC(=O)c2ccccc2C)c1. The molecule has 1 amide bonds. The Labute approximate surface area is 233 Å². The quantitative estimate of drug-likeness (QED) is 0.0832. The van der Waals surface area contributed by atoms with Crippen LogP contribution >= 0.6 is 11.6 Å². The van der Waals surface area contributed by atoms with Gasteiger partial charge in [0.1, 0.15) is 0 Å². The van der Waals surface area contributed by atoms with Crippen molar-refractivity contribution in [2.75, 3.05) is 11.9 Å². The van der Waals surface area contributed by atoms with Crippen LogP contribution in [0.25, 0.3) is 0 Å². The third kappa shape index (κ3) is 12.3. The number of halogens is 1. The standard InChI is InChI=1S/C32H44ClNO4/c1-3-4-5-6-7-8-9-10-11-12-13-14-17-22-38-32(37)26-20-21-28(33)29(23-26)34-31(36)24-30(35)27-19-16-15-18-25(27)2/h15-16,18-21,23H,3-14,17,22,24H2,1-2H3,(H,34,36). The number of carbonyl (C=O) groups is 3. The van der Waals surface area contributed by atoms with Crippen LogP contribution in [0.1, 0.15) is 123 Å². The van der Waals surface area contributed by atoms with Gasteiger partial charge in [-0.15, -0.1) is 0 Å². The first kappa shape index (κ1) is 31.6. The minimum atomic E-state index is -0.488. The fourth-order valence-corrected chi connectivity index (χ4v) is 4.60. The molecular formula is C32H44ClNO4. The number of hydrogen-bond acceptors (Lipinski definition) is 4. The first-order valence-corrected chi connectivity index (χ1v) is 14.7. The normalized spacial score (nSPS) is 10.8. The molecule has 0 aromatic heterocycles. The minimum absolute atomic E-state index is 0.273. The second kappa shape index (κ2) is 18.6. The molecule has 2 aromatic carbocycles. The van der Waals surface area contributed by atoms with Crippen molar-refractivity contribution in [3.8, 4) is 0 Å². The van der Waals surface area contributed by atoms with Crippen molar-refractivity contribution in [1.29, 1.82) is 0 Å². The first-order chi connectivity index (χ1) is 18.4. The maximum Gasteiger partial charge on any atom is 0.338 e. The summed E-state index contributed by atoms with van der Waals surface area (Å²) in [5.41, 5.74) is 1.92. The first-order valence-electron chi connectivity index (χ1n) is 14.3. The van der Waals surface area contributed by atoms with Gasteiger partial charge in [0, 0.05) is 5.56 Å². The number of hydrogen-bond donors (Lipinski definition) is 1. The Kier molecular flexibility index (Phi) is 15.4. The molecule has 2 aromatic rings. The van der Waals surface area contributed by atoms with Gasteiger partial charge in [0.2, 0.25) is 5.91 Å². The van der Waals surface area contributed by atoms with E-state index in [1.807, 2.05) is 19.1 Å². The highest BCUT2D eigenvalue weighted by atomic mass is 35.5. The lowest BCUT2D eigenvalue weighted by molar-refractivity contribution is -0.115. The molecule has 6 heteroatoms. The molecule has 0 aliphatic carbocycles. The Morgan fingerprint density at radius 2 is 1.37 bits per heavy atom. The van der Waals surface area contributed by atoms with Crippen LogP contribution in [0.15, 0.2) is 42.5 Å². The van der Waals surface area contributed by atoms with Crippen LogP contribution in [-0.4, -0.2) is 24.3 Å². The summed E-state index contributed by atoms with van der Waals surface area (Å²) < 4.78 is 5.41. The zero-order chi connectivity index (χ0) is 27.6. The molecule has 0 aliphatic rings. The third-order valence-electron chi connectivity index (χ3n) is 6.72. The van der Waals surface area contributed by atoms with Gasteiger partial charge < -0.3 is 10.1 Å². The van der Waals surface area contributed by atoms with Gasteiger partial charge >= 0.3 is 5.97 Å². The van der Waals surface area contributed by atoms with Crippen LogP contribution in [0.3, 0.4) is 0 Å². The summed E-state index contributed by atoms with van der Waals surface area (Å²) in [6, 6.07) is 11.7. The van der Waals surface area contributed by atoms with E-state index in [2.05, 4.69) is 12.2 Å². The number of carbonyl (C=O) groups excluding carboxylic acids is 3. The van der Waals surface area contributed by atoms with E-state index in [0.29, 0.717) is 17.7 Å². The van der Waals surface area contributed by atoms with Gasteiger partial charge in [-0.3, -0.25) is 9.59 Å². The van der Waals surface area contributed by atoms with E-state index in [1.165, 1.54) is 70.3 Å². The van der Waals surface area contributed by atoms with Gasteiger partial charge in [0.05, 0.1) is 29.3 Å². The predicted molar refractivity (Wildman–Crippen MR) is 156 cm³/mol.